The van der Waals surface area contributed by atoms with Crippen LogP contribution < -0.4 is 10.5 Å². The van der Waals surface area contributed by atoms with E-state index < -0.39 is 6.10 Å². The van der Waals surface area contributed by atoms with E-state index in [1.807, 2.05) is 0 Å². The lowest BCUT2D eigenvalue weighted by Gasteiger charge is -2.32. The lowest BCUT2D eigenvalue weighted by Crippen LogP contribution is -2.36. The van der Waals surface area contributed by atoms with Gasteiger partial charge in [-0.2, -0.15) is 5.10 Å². The van der Waals surface area contributed by atoms with Gasteiger partial charge in [0.2, 0.25) is 0 Å². The standard InChI is InChI=1S/C14H23N3O3/c1-11-4-3-5-16(8-11)12-6-14(19)17(15-7-12)9-13(18)10-20-2/h6-7,11,13,18H,3-5,8-10H2,1-2H3. The minimum absolute atomic E-state index is 0.156. The molecule has 1 aliphatic heterocycles. The predicted octanol–water partition coefficient (Wildman–Crippen LogP) is 0.487. The Morgan fingerprint density at radius 1 is 1.60 bits per heavy atom. The van der Waals surface area contributed by atoms with E-state index in [1.54, 1.807) is 12.3 Å². The van der Waals surface area contributed by atoms with Gasteiger partial charge < -0.3 is 14.7 Å². The van der Waals surface area contributed by atoms with Crippen molar-refractivity contribution < 1.29 is 9.84 Å². The van der Waals surface area contributed by atoms with Gasteiger partial charge in [0.05, 0.1) is 31.1 Å². The van der Waals surface area contributed by atoms with Crippen LogP contribution in [-0.2, 0) is 11.3 Å². The van der Waals surface area contributed by atoms with Crippen LogP contribution in [0.15, 0.2) is 17.1 Å². The van der Waals surface area contributed by atoms with E-state index in [1.165, 1.54) is 18.2 Å². The van der Waals surface area contributed by atoms with Crippen molar-refractivity contribution in [1.29, 1.82) is 0 Å². The lowest BCUT2D eigenvalue weighted by molar-refractivity contribution is 0.0504. The number of nitrogens with zero attached hydrogens (tertiary/aromatic N) is 3. The molecular formula is C14H23N3O3. The molecular weight excluding hydrogens is 258 g/mol. The quantitative estimate of drug-likeness (QED) is 0.850. The minimum atomic E-state index is -0.717. The summed E-state index contributed by atoms with van der Waals surface area (Å²) in [7, 11) is 1.51. The van der Waals surface area contributed by atoms with Crippen LogP contribution in [0.25, 0.3) is 0 Å². The van der Waals surface area contributed by atoms with Gasteiger partial charge in [-0.05, 0) is 18.8 Å². The Balaban J connectivity index is 2.07. The summed E-state index contributed by atoms with van der Waals surface area (Å²) in [6, 6.07) is 1.60. The molecule has 0 bridgehead atoms. The van der Waals surface area contributed by atoms with Crippen LogP contribution >= 0.6 is 0 Å². The number of piperidine rings is 1. The molecule has 0 saturated carbocycles. The first-order chi connectivity index (χ1) is 9.60. The number of rotatable bonds is 5. The van der Waals surface area contributed by atoms with Gasteiger partial charge in [-0.15, -0.1) is 0 Å². The van der Waals surface area contributed by atoms with Crippen molar-refractivity contribution in [2.45, 2.75) is 32.4 Å². The predicted molar refractivity (Wildman–Crippen MR) is 77.0 cm³/mol. The molecule has 0 aromatic carbocycles. The smallest absolute Gasteiger partial charge is 0.268 e. The molecule has 1 aromatic heterocycles. The average molecular weight is 281 g/mol. The van der Waals surface area contributed by atoms with E-state index >= 15 is 0 Å². The van der Waals surface area contributed by atoms with E-state index in [0.717, 1.165) is 25.2 Å². The molecule has 2 heterocycles. The van der Waals surface area contributed by atoms with Crippen molar-refractivity contribution in [2.24, 2.45) is 5.92 Å². The van der Waals surface area contributed by atoms with E-state index in [2.05, 4.69) is 16.9 Å². The molecule has 20 heavy (non-hydrogen) atoms. The zero-order valence-corrected chi connectivity index (χ0v) is 12.2. The fourth-order valence-corrected chi connectivity index (χ4v) is 2.60. The summed E-state index contributed by atoms with van der Waals surface area (Å²) in [5, 5.41) is 13.8. The minimum Gasteiger partial charge on any atom is -0.389 e. The monoisotopic (exact) mass is 281 g/mol. The molecule has 2 atom stereocenters. The van der Waals surface area contributed by atoms with Crippen LogP contribution in [0.3, 0.4) is 0 Å². The van der Waals surface area contributed by atoms with Crippen molar-refractivity contribution >= 4 is 5.69 Å². The third-order valence-electron chi connectivity index (χ3n) is 3.62. The van der Waals surface area contributed by atoms with Crippen LogP contribution in [0, 0.1) is 5.92 Å². The van der Waals surface area contributed by atoms with Gasteiger partial charge in [-0.1, -0.05) is 6.92 Å². The third-order valence-corrected chi connectivity index (χ3v) is 3.62. The molecule has 0 spiro atoms. The molecule has 1 aromatic rings. The second kappa shape index (κ2) is 6.85. The Labute approximate surface area is 119 Å². The molecule has 6 nitrogen and oxygen atoms in total. The fraction of sp³-hybridized carbons (Fsp3) is 0.714. The highest BCUT2D eigenvalue weighted by Gasteiger charge is 2.17. The molecule has 112 valence electrons. The van der Waals surface area contributed by atoms with Crippen LogP contribution in [-0.4, -0.2) is 47.8 Å². The molecule has 0 aliphatic carbocycles. The number of hydrogen-bond donors (Lipinski definition) is 1. The first-order valence-corrected chi connectivity index (χ1v) is 7.09. The molecule has 1 aliphatic rings. The number of hydrogen-bond acceptors (Lipinski definition) is 5. The van der Waals surface area contributed by atoms with Gasteiger partial charge in [-0.25, -0.2) is 4.68 Å². The highest BCUT2D eigenvalue weighted by atomic mass is 16.5. The molecule has 2 rings (SSSR count). The highest BCUT2D eigenvalue weighted by molar-refractivity contribution is 5.43. The summed E-state index contributed by atoms with van der Waals surface area (Å²) in [5.41, 5.74) is 0.690. The second-order valence-electron chi connectivity index (χ2n) is 5.54. The van der Waals surface area contributed by atoms with Crippen molar-refractivity contribution in [3.05, 3.63) is 22.6 Å². The largest absolute Gasteiger partial charge is 0.389 e. The lowest BCUT2D eigenvalue weighted by atomic mass is 10.00. The van der Waals surface area contributed by atoms with Crippen LogP contribution in [0.1, 0.15) is 19.8 Å². The Morgan fingerprint density at radius 2 is 2.40 bits per heavy atom. The van der Waals surface area contributed by atoms with Gasteiger partial charge in [-0.3, -0.25) is 4.79 Å². The van der Waals surface area contributed by atoms with Crippen LogP contribution in [0.2, 0.25) is 0 Å². The third kappa shape index (κ3) is 3.80. The van der Waals surface area contributed by atoms with Gasteiger partial charge in [0.1, 0.15) is 0 Å². The summed E-state index contributed by atoms with van der Waals surface area (Å²) in [6.07, 6.45) is 3.38. The average Bonchev–Trinajstić information content (AvgIpc) is 2.41. The Morgan fingerprint density at radius 3 is 3.05 bits per heavy atom. The Kier molecular flexibility index (Phi) is 5.14. The van der Waals surface area contributed by atoms with Gasteiger partial charge in [0, 0.05) is 26.3 Å². The van der Waals surface area contributed by atoms with Gasteiger partial charge in [0.25, 0.3) is 5.56 Å². The molecule has 0 radical (unpaired) electrons. The zero-order chi connectivity index (χ0) is 14.5. The zero-order valence-electron chi connectivity index (χ0n) is 12.2. The molecule has 0 amide bonds. The van der Waals surface area contributed by atoms with Crippen molar-refractivity contribution in [1.82, 2.24) is 9.78 Å². The summed E-state index contributed by atoms with van der Waals surface area (Å²) in [5.74, 6) is 0.648. The maximum atomic E-state index is 12.0. The van der Waals surface area contributed by atoms with Crippen molar-refractivity contribution in [3.8, 4) is 0 Å². The second-order valence-corrected chi connectivity index (χ2v) is 5.54. The maximum Gasteiger partial charge on any atom is 0.268 e. The summed E-state index contributed by atoms with van der Waals surface area (Å²) in [4.78, 5) is 14.2. The number of anilines is 1. The number of aliphatic hydroxyl groups excluding tert-OH is 1. The summed E-state index contributed by atoms with van der Waals surface area (Å²) >= 11 is 0. The summed E-state index contributed by atoms with van der Waals surface area (Å²) in [6.45, 7) is 4.52. The van der Waals surface area contributed by atoms with E-state index in [9.17, 15) is 9.90 Å². The molecule has 1 fully saturated rings. The summed E-state index contributed by atoms with van der Waals surface area (Å²) < 4.78 is 6.12. The number of aromatic nitrogens is 2. The SMILES string of the molecule is COCC(O)Cn1ncc(N2CCCC(C)C2)cc1=O. The van der Waals surface area contributed by atoms with Gasteiger partial charge in [0.15, 0.2) is 0 Å². The molecule has 1 saturated heterocycles. The number of methoxy groups -OCH3 is 1. The Bertz CT molecular complexity index is 489. The van der Waals surface area contributed by atoms with Crippen LogP contribution in [0.4, 0.5) is 5.69 Å². The number of ether oxygens (including phenoxy) is 1. The highest BCUT2D eigenvalue weighted by Crippen LogP contribution is 2.20. The fourth-order valence-electron chi connectivity index (χ4n) is 2.60. The van der Waals surface area contributed by atoms with Crippen molar-refractivity contribution in [2.75, 3.05) is 31.7 Å². The van der Waals surface area contributed by atoms with E-state index in [0.29, 0.717) is 5.92 Å². The van der Waals surface area contributed by atoms with E-state index in [4.69, 9.17) is 4.74 Å². The molecule has 6 heteroatoms. The Hall–Kier alpha value is -1.40. The maximum absolute atomic E-state index is 12.0. The first kappa shape index (κ1) is 15.0. The number of aliphatic hydroxyl groups is 1. The van der Waals surface area contributed by atoms with E-state index in [-0.39, 0.29) is 18.7 Å². The van der Waals surface area contributed by atoms with Crippen LogP contribution in [0.5, 0.6) is 0 Å². The molecule has 1 N–H and O–H groups in total. The normalized spacial score (nSPS) is 20.9. The van der Waals surface area contributed by atoms with Crippen molar-refractivity contribution in [3.63, 3.8) is 0 Å². The first-order valence-electron chi connectivity index (χ1n) is 7.09. The topological polar surface area (TPSA) is 67.6 Å². The van der Waals surface area contributed by atoms with Gasteiger partial charge >= 0.3 is 0 Å². The molecule has 2 unspecified atom stereocenters.